The van der Waals surface area contributed by atoms with Crippen molar-refractivity contribution in [2.45, 2.75) is 26.2 Å². The van der Waals surface area contributed by atoms with Gasteiger partial charge in [-0.3, -0.25) is 9.59 Å². The van der Waals surface area contributed by atoms with Crippen LogP contribution in [0.4, 0.5) is 13.2 Å². The number of amides is 1. The predicted octanol–water partition coefficient (Wildman–Crippen LogP) is 2.90. The lowest BCUT2D eigenvalue weighted by Crippen LogP contribution is -2.35. The van der Waals surface area contributed by atoms with Gasteiger partial charge in [0, 0.05) is 18.1 Å². The molecule has 0 unspecified atom stereocenters. The number of alkyl halides is 3. The fraction of sp³-hybridized carbons (Fsp3) is 0.333. The van der Waals surface area contributed by atoms with Crippen LogP contribution < -0.4 is 5.56 Å². The largest absolute Gasteiger partial charge is 0.421 e. The summed E-state index contributed by atoms with van der Waals surface area (Å²) < 4.78 is 38.9. The highest BCUT2D eigenvalue weighted by Crippen LogP contribution is 2.26. The summed E-state index contributed by atoms with van der Waals surface area (Å²) in [6.07, 6.45) is -3.55. The second-order valence-corrected chi connectivity index (χ2v) is 6.13. The SMILES string of the molecule is Cc1ccsc1CN(C)C(=O)Cn1cccc(C(F)(F)F)c1=O. The molecule has 2 aromatic rings. The summed E-state index contributed by atoms with van der Waals surface area (Å²) in [5, 5.41) is 1.90. The molecule has 0 spiro atoms. The zero-order chi connectivity index (χ0) is 17.2. The van der Waals surface area contributed by atoms with Crippen LogP contribution in [0.25, 0.3) is 0 Å². The van der Waals surface area contributed by atoms with E-state index in [2.05, 4.69) is 0 Å². The van der Waals surface area contributed by atoms with Gasteiger partial charge in [-0.2, -0.15) is 13.2 Å². The lowest BCUT2D eigenvalue weighted by molar-refractivity contribution is -0.139. The van der Waals surface area contributed by atoms with E-state index in [0.29, 0.717) is 12.6 Å². The number of thiophene rings is 1. The molecule has 0 fully saturated rings. The molecule has 0 bridgehead atoms. The maximum atomic E-state index is 12.7. The van der Waals surface area contributed by atoms with Gasteiger partial charge in [-0.15, -0.1) is 11.3 Å². The predicted molar refractivity (Wildman–Crippen MR) is 81.2 cm³/mol. The Hall–Kier alpha value is -2.09. The Bertz CT molecular complexity index is 765. The number of likely N-dealkylation sites (N-methyl/N-ethyl adjacent to an activating group) is 1. The standard InChI is InChI=1S/C15H15F3N2O2S/c1-10-5-7-23-12(10)8-19(2)13(21)9-20-6-3-4-11(14(20)22)15(16,17)18/h3-7H,8-9H2,1-2H3. The molecular weight excluding hydrogens is 329 g/mol. The Kier molecular flexibility index (Phi) is 4.93. The van der Waals surface area contributed by atoms with Gasteiger partial charge in [-0.05, 0) is 36.1 Å². The van der Waals surface area contributed by atoms with Crippen LogP contribution in [0.15, 0.2) is 34.6 Å². The molecule has 2 aromatic heterocycles. The maximum Gasteiger partial charge on any atom is 0.421 e. The maximum absolute atomic E-state index is 12.7. The molecule has 124 valence electrons. The molecule has 0 N–H and O–H groups in total. The summed E-state index contributed by atoms with van der Waals surface area (Å²) in [4.78, 5) is 26.4. The van der Waals surface area contributed by atoms with Gasteiger partial charge in [-0.25, -0.2) is 0 Å². The Morgan fingerprint density at radius 3 is 2.61 bits per heavy atom. The van der Waals surface area contributed by atoms with E-state index in [-0.39, 0.29) is 0 Å². The number of carbonyl (C=O) groups is 1. The minimum atomic E-state index is -4.73. The van der Waals surface area contributed by atoms with Crippen LogP contribution in [0.5, 0.6) is 0 Å². The highest BCUT2D eigenvalue weighted by molar-refractivity contribution is 7.10. The zero-order valence-corrected chi connectivity index (χ0v) is 13.4. The first kappa shape index (κ1) is 17.3. The van der Waals surface area contributed by atoms with E-state index < -0.39 is 29.8 Å². The highest BCUT2D eigenvalue weighted by Gasteiger charge is 2.34. The molecule has 0 radical (unpaired) electrons. The van der Waals surface area contributed by atoms with Crippen LogP contribution in [0, 0.1) is 6.92 Å². The summed E-state index contributed by atoms with van der Waals surface area (Å²) in [6.45, 7) is 1.85. The van der Waals surface area contributed by atoms with E-state index in [9.17, 15) is 22.8 Å². The Morgan fingerprint density at radius 1 is 1.35 bits per heavy atom. The quantitative estimate of drug-likeness (QED) is 0.856. The Labute approximate surface area is 134 Å². The van der Waals surface area contributed by atoms with Crippen molar-refractivity contribution in [2.24, 2.45) is 0 Å². The molecule has 4 nitrogen and oxygen atoms in total. The number of aryl methyl sites for hydroxylation is 1. The van der Waals surface area contributed by atoms with Crippen molar-refractivity contribution < 1.29 is 18.0 Å². The number of aromatic nitrogens is 1. The van der Waals surface area contributed by atoms with Gasteiger partial charge >= 0.3 is 6.18 Å². The van der Waals surface area contributed by atoms with E-state index in [0.717, 1.165) is 21.1 Å². The van der Waals surface area contributed by atoms with Crippen LogP contribution in [0.3, 0.4) is 0 Å². The molecule has 0 saturated carbocycles. The third-order valence-corrected chi connectivity index (χ3v) is 4.41. The number of halogens is 3. The topological polar surface area (TPSA) is 42.3 Å². The number of pyridine rings is 1. The molecule has 0 aliphatic rings. The zero-order valence-electron chi connectivity index (χ0n) is 12.6. The number of carbonyl (C=O) groups excluding carboxylic acids is 1. The van der Waals surface area contributed by atoms with E-state index in [4.69, 9.17) is 0 Å². The summed E-state index contributed by atoms with van der Waals surface area (Å²) in [6, 6.07) is 3.75. The van der Waals surface area contributed by atoms with Gasteiger partial charge in [0.05, 0.1) is 6.54 Å². The molecule has 0 aliphatic heterocycles. The summed E-state index contributed by atoms with van der Waals surface area (Å²) in [5.74, 6) is -0.431. The number of hydrogen-bond donors (Lipinski definition) is 0. The van der Waals surface area contributed by atoms with Gasteiger partial charge in [0.15, 0.2) is 0 Å². The Morgan fingerprint density at radius 2 is 2.04 bits per heavy atom. The van der Waals surface area contributed by atoms with Crippen LogP contribution in [0.1, 0.15) is 16.0 Å². The molecule has 0 atom stereocenters. The van der Waals surface area contributed by atoms with Crippen LogP contribution in [-0.2, 0) is 24.1 Å². The average molecular weight is 344 g/mol. The normalized spacial score (nSPS) is 11.5. The molecule has 2 heterocycles. The summed E-state index contributed by atoms with van der Waals surface area (Å²) in [5.41, 5.74) is -1.44. The number of rotatable bonds is 4. The van der Waals surface area contributed by atoms with E-state index in [1.165, 1.54) is 22.4 Å². The molecule has 0 saturated heterocycles. The third-order valence-electron chi connectivity index (χ3n) is 3.41. The van der Waals surface area contributed by atoms with Gasteiger partial charge in [-0.1, -0.05) is 0 Å². The fourth-order valence-corrected chi connectivity index (χ4v) is 2.97. The number of hydrogen-bond acceptors (Lipinski definition) is 3. The summed E-state index contributed by atoms with van der Waals surface area (Å²) >= 11 is 1.50. The van der Waals surface area contributed by atoms with E-state index in [1.54, 1.807) is 7.05 Å². The Balaban J connectivity index is 2.14. The lowest BCUT2D eigenvalue weighted by atomic mass is 10.2. The van der Waals surface area contributed by atoms with Gasteiger partial charge in [0.2, 0.25) is 5.91 Å². The van der Waals surface area contributed by atoms with Crippen molar-refractivity contribution >= 4 is 17.2 Å². The first-order chi connectivity index (χ1) is 10.7. The van der Waals surface area contributed by atoms with Crippen LogP contribution in [-0.4, -0.2) is 22.4 Å². The van der Waals surface area contributed by atoms with Crippen LogP contribution >= 0.6 is 11.3 Å². The van der Waals surface area contributed by atoms with Crippen molar-refractivity contribution in [2.75, 3.05) is 7.05 Å². The molecule has 0 aliphatic carbocycles. The molecule has 2 rings (SSSR count). The molecule has 1 amide bonds. The third kappa shape index (κ3) is 4.01. The van der Waals surface area contributed by atoms with Crippen molar-refractivity contribution in [1.29, 1.82) is 0 Å². The first-order valence-electron chi connectivity index (χ1n) is 6.73. The lowest BCUT2D eigenvalue weighted by Gasteiger charge is -2.18. The minimum Gasteiger partial charge on any atom is -0.339 e. The molecule has 0 aromatic carbocycles. The van der Waals surface area contributed by atoms with E-state index >= 15 is 0 Å². The van der Waals surface area contributed by atoms with Crippen molar-refractivity contribution in [3.8, 4) is 0 Å². The van der Waals surface area contributed by atoms with Crippen molar-refractivity contribution in [3.05, 3.63) is 56.1 Å². The number of nitrogens with zero attached hydrogens (tertiary/aromatic N) is 2. The van der Waals surface area contributed by atoms with Gasteiger partial charge < -0.3 is 9.47 Å². The second kappa shape index (κ2) is 6.57. The first-order valence-corrected chi connectivity index (χ1v) is 7.61. The van der Waals surface area contributed by atoms with Gasteiger partial charge in [0.25, 0.3) is 5.56 Å². The highest BCUT2D eigenvalue weighted by atomic mass is 32.1. The minimum absolute atomic E-state index is 0.357. The summed E-state index contributed by atoms with van der Waals surface area (Å²) in [7, 11) is 1.56. The smallest absolute Gasteiger partial charge is 0.339 e. The monoisotopic (exact) mass is 344 g/mol. The molecular formula is C15H15F3N2O2S. The molecule has 8 heteroatoms. The second-order valence-electron chi connectivity index (χ2n) is 5.13. The average Bonchev–Trinajstić information content (AvgIpc) is 2.85. The fourth-order valence-electron chi connectivity index (χ4n) is 2.01. The van der Waals surface area contributed by atoms with Gasteiger partial charge in [0.1, 0.15) is 12.1 Å². The van der Waals surface area contributed by atoms with Crippen molar-refractivity contribution in [3.63, 3.8) is 0 Å². The van der Waals surface area contributed by atoms with Crippen LogP contribution in [0.2, 0.25) is 0 Å². The molecule has 23 heavy (non-hydrogen) atoms. The van der Waals surface area contributed by atoms with E-state index in [1.807, 2.05) is 18.4 Å². The van der Waals surface area contributed by atoms with Crippen molar-refractivity contribution in [1.82, 2.24) is 9.47 Å².